The molecule has 0 spiro atoms. The lowest BCUT2D eigenvalue weighted by atomic mass is 10.2. The first-order chi connectivity index (χ1) is 8.10. The molecule has 1 aromatic rings. The van der Waals surface area contributed by atoms with Crippen molar-refractivity contribution in [2.24, 2.45) is 0 Å². The van der Waals surface area contributed by atoms with E-state index in [2.05, 4.69) is 18.7 Å². The van der Waals surface area contributed by atoms with Crippen LogP contribution in [-0.4, -0.2) is 38.1 Å². The van der Waals surface area contributed by atoms with Crippen LogP contribution < -0.4 is 15.8 Å². The van der Waals surface area contributed by atoms with Crippen LogP contribution in [0.4, 0.5) is 5.69 Å². The fraction of sp³-hybridized carbons (Fsp3) is 0.692. The van der Waals surface area contributed by atoms with Gasteiger partial charge in [-0.1, -0.05) is 13.8 Å². The Hall–Kier alpha value is -1.16. The molecule has 0 aliphatic carbocycles. The molecule has 0 N–H and O–H groups in total. The van der Waals surface area contributed by atoms with Crippen molar-refractivity contribution in [3.05, 3.63) is 26.5 Å². The van der Waals surface area contributed by atoms with Crippen LogP contribution in [0.15, 0.2) is 15.7 Å². The predicted octanol–water partition coefficient (Wildman–Crippen LogP) is 0.841. The molecule has 0 unspecified atom stereocenters. The molecule has 0 aromatic heterocycles. The lowest BCUT2D eigenvalue weighted by Gasteiger charge is -2.25. The summed E-state index contributed by atoms with van der Waals surface area (Å²) in [4.78, 5) is 26.3. The zero-order chi connectivity index (χ0) is 12.8. The zero-order valence-corrected chi connectivity index (χ0v) is 11.0. The summed E-state index contributed by atoms with van der Waals surface area (Å²) in [5.74, 6) is 0. The Morgan fingerprint density at radius 2 is 1.59 bits per heavy atom. The number of nitrogens with zero attached hydrogens (tertiary/aromatic N) is 2. The fourth-order valence-electron chi connectivity index (χ4n) is 1.97. The van der Waals surface area contributed by atoms with Crippen LogP contribution in [0.2, 0.25) is 0 Å². The van der Waals surface area contributed by atoms with Gasteiger partial charge >= 0.3 is 0 Å². The molecule has 0 bridgehead atoms. The smallest absolute Gasteiger partial charge is 0.249 e. The molecule has 96 valence electrons. The van der Waals surface area contributed by atoms with Gasteiger partial charge in [0.15, 0.2) is 0 Å². The number of anilines is 1. The van der Waals surface area contributed by atoms with Crippen molar-refractivity contribution in [2.75, 3.05) is 38.1 Å². The second kappa shape index (κ2) is 6.55. The minimum absolute atomic E-state index is 0.343. The van der Waals surface area contributed by atoms with Crippen LogP contribution in [0, 0.1) is 0 Å². The maximum Gasteiger partial charge on any atom is 0.249 e. The highest BCUT2D eigenvalue weighted by molar-refractivity contribution is 5.49. The topological polar surface area (TPSA) is 40.6 Å². The molecular weight excluding hydrogens is 216 g/mol. The summed E-state index contributed by atoms with van der Waals surface area (Å²) < 4.78 is 0. The van der Waals surface area contributed by atoms with Gasteiger partial charge in [-0.2, -0.15) is 0 Å². The highest BCUT2D eigenvalue weighted by atomic mass is 16.2. The van der Waals surface area contributed by atoms with Crippen LogP contribution >= 0.6 is 0 Å². The second-order valence-corrected chi connectivity index (χ2v) is 4.49. The molecule has 0 saturated heterocycles. The van der Waals surface area contributed by atoms with E-state index in [1.807, 2.05) is 11.9 Å². The van der Waals surface area contributed by atoms with E-state index in [4.69, 9.17) is 0 Å². The normalized spacial score (nSPS) is 11.3. The first kappa shape index (κ1) is 13.9. The molecular formula is C13H22N2O2. The van der Waals surface area contributed by atoms with Gasteiger partial charge in [0, 0.05) is 26.2 Å². The lowest BCUT2D eigenvalue weighted by Crippen LogP contribution is -2.41. The number of hydrogen-bond acceptors (Lipinski definition) is 4. The zero-order valence-electron chi connectivity index (χ0n) is 11.0. The van der Waals surface area contributed by atoms with Gasteiger partial charge in [-0.25, -0.2) is 0 Å². The molecule has 4 heteroatoms. The van der Waals surface area contributed by atoms with Gasteiger partial charge in [0.05, 0.1) is 5.69 Å². The van der Waals surface area contributed by atoms with Crippen molar-refractivity contribution in [3.63, 3.8) is 0 Å². The summed E-state index contributed by atoms with van der Waals surface area (Å²) >= 11 is 0. The molecule has 0 heterocycles. The molecule has 17 heavy (non-hydrogen) atoms. The Kier molecular flexibility index (Phi) is 5.35. The Labute approximate surface area is 103 Å². The highest BCUT2D eigenvalue weighted by Gasteiger charge is 2.14. The Balaban J connectivity index is 2.41. The van der Waals surface area contributed by atoms with E-state index in [1.165, 1.54) is 6.07 Å². The molecule has 1 aromatic carbocycles. The van der Waals surface area contributed by atoms with Crippen molar-refractivity contribution in [1.82, 2.24) is 4.90 Å². The first-order valence-corrected chi connectivity index (χ1v) is 6.34. The predicted molar refractivity (Wildman–Crippen MR) is 71.6 cm³/mol. The van der Waals surface area contributed by atoms with Gasteiger partial charge < -0.3 is 9.80 Å². The Bertz CT molecular complexity index is 401. The summed E-state index contributed by atoms with van der Waals surface area (Å²) in [5.41, 5.74) is -0.154. The first-order valence-electron chi connectivity index (χ1n) is 6.34. The van der Waals surface area contributed by atoms with E-state index in [0.29, 0.717) is 5.69 Å². The average Bonchev–Trinajstić information content (AvgIpc) is 2.32. The van der Waals surface area contributed by atoms with Gasteiger partial charge in [0.25, 0.3) is 0 Å². The second-order valence-electron chi connectivity index (χ2n) is 4.49. The number of likely N-dealkylation sites (N-methyl/N-ethyl adjacent to an activating group) is 1. The number of rotatable bonds is 8. The van der Waals surface area contributed by atoms with Crippen LogP contribution in [0.25, 0.3) is 0 Å². The van der Waals surface area contributed by atoms with Gasteiger partial charge in [-0.3, -0.25) is 9.59 Å². The van der Waals surface area contributed by atoms with E-state index < -0.39 is 0 Å². The SMILES string of the molecule is CCCN(CCC)CCN(C)c1cc(=O)c1=O. The van der Waals surface area contributed by atoms with Crippen LogP contribution in [-0.2, 0) is 0 Å². The minimum Gasteiger partial charge on any atom is -0.370 e. The summed E-state index contributed by atoms with van der Waals surface area (Å²) in [6, 6.07) is 1.42. The Morgan fingerprint density at radius 1 is 1.00 bits per heavy atom. The molecule has 4 nitrogen and oxygen atoms in total. The van der Waals surface area contributed by atoms with E-state index >= 15 is 0 Å². The van der Waals surface area contributed by atoms with Gasteiger partial charge in [-0.15, -0.1) is 0 Å². The summed E-state index contributed by atoms with van der Waals surface area (Å²) in [7, 11) is 1.87. The molecule has 0 aliphatic heterocycles. The minimum atomic E-state index is -0.370. The molecule has 1 rings (SSSR count). The molecule has 0 radical (unpaired) electrons. The van der Waals surface area contributed by atoms with E-state index in [9.17, 15) is 9.59 Å². The third-order valence-electron chi connectivity index (χ3n) is 2.97. The molecule has 0 amide bonds. The van der Waals surface area contributed by atoms with Crippen molar-refractivity contribution < 1.29 is 0 Å². The van der Waals surface area contributed by atoms with Gasteiger partial charge in [0.1, 0.15) is 0 Å². The largest absolute Gasteiger partial charge is 0.370 e. The molecule has 0 aliphatic rings. The van der Waals surface area contributed by atoms with Crippen LogP contribution in [0.5, 0.6) is 0 Å². The van der Waals surface area contributed by atoms with Crippen molar-refractivity contribution in [2.45, 2.75) is 26.7 Å². The summed E-state index contributed by atoms with van der Waals surface area (Å²) in [6.45, 7) is 8.26. The van der Waals surface area contributed by atoms with Gasteiger partial charge in [-0.05, 0) is 25.9 Å². The average molecular weight is 238 g/mol. The summed E-state index contributed by atoms with van der Waals surface area (Å²) in [5, 5.41) is 0. The van der Waals surface area contributed by atoms with Gasteiger partial charge in [0.2, 0.25) is 10.9 Å². The lowest BCUT2D eigenvalue weighted by molar-refractivity contribution is 0.281. The third-order valence-corrected chi connectivity index (χ3v) is 2.97. The monoisotopic (exact) mass is 238 g/mol. The molecule has 0 atom stereocenters. The third kappa shape index (κ3) is 3.66. The quantitative estimate of drug-likeness (QED) is 0.629. The van der Waals surface area contributed by atoms with Crippen LogP contribution in [0.1, 0.15) is 26.7 Å². The molecule has 0 fully saturated rings. The molecule has 0 saturated carbocycles. The maximum absolute atomic E-state index is 11.2. The highest BCUT2D eigenvalue weighted by Crippen LogP contribution is 2.04. The fourth-order valence-corrected chi connectivity index (χ4v) is 1.97. The maximum atomic E-state index is 11.2. The Morgan fingerprint density at radius 3 is 2.00 bits per heavy atom. The van der Waals surface area contributed by atoms with E-state index in [0.717, 1.165) is 39.0 Å². The number of hydrogen-bond donors (Lipinski definition) is 0. The van der Waals surface area contributed by atoms with Crippen molar-refractivity contribution in [1.29, 1.82) is 0 Å². The summed E-state index contributed by atoms with van der Waals surface area (Å²) in [6.07, 6.45) is 2.29. The van der Waals surface area contributed by atoms with Crippen molar-refractivity contribution in [3.8, 4) is 0 Å². The standard InChI is InChI=1S/C13H22N2O2/c1-4-6-15(7-5-2)9-8-14(3)11-10-12(16)13(11)17/h10H,4-9H2,1-3H3. The van der Waals surface area contributed by atoms with Crippen LogP contribution in [0.3, 0.4) is 0 Å². The van der Waals surface area contributed by atoms with E-state index in [-0.39, 0.29) is 10.9 Å². The van der Waals surface area contributed by atoms with E-state index in [1.54, 1.807) is 0 Å². The van der Waals surface area contributed by atoms with Crippen molar-refractivity contribution >= 4 is 5.69 Å².